The molecule has 46 heavy (non-hydrogen) atoms. The fraction of sp³-hybridized carbons (Fsp3) is 0.444. The third-order valence-corrected chi connectivity index (χ3v) is 10.6. The molecule has 2 aliphatic carbocycles. The van der Waals surface area contributed by atoms with Crippen molar-refractivity contribution in [2.75, 3.05) is 23.3 Å². The lowest BCUT2D eigenvalue weighted by molar-refractivity contribution is -0.123. The van der Waals surface area contributed by atoms with E-state index in [4.69, 9.17) is 15.7 Å². The lowest BCUT2D eigenvalue weighted by Gasteiger charge is -2.48. The fourth-order valence-corrected chi connectivity index (χ4v) is 7.72. The van der Waals surface area contributed by atoms with Crippen molar-refractivity contribution in [3.8, 4) is 11.3 Å². The molecule has 10 nitrogen and oxygen atoms in total. The number of carbonyl (C=O) groups excluding carboxylic acids is 2. The number of benzene rings is 2. The Morgan fingerprint density at radius 1 is 1.04 bits per heavy atom. The zero-order valence-corrected chi connectivity index (χ0v) is 26.7. The van der Waals surface area contributed by atoms with E-state index >= 15 is 0 Å². The van der Waals surface area contributed by atoms with Gasteiger partial charge in [0.25, 0.3) is 0 Å². The van der Waals surface area contributed by atoms with Crippen molar-refractivity contribution in [1.29, 1.82) is 0 Å². The first-order chi connectivity index (χ1) is 22.1. The molecule has 4 aliphatic rings. The molecule has 1 saturated heterocycles. The Kier molecular flexibility index (Phi) is 6.74. The number of hydrogen-bond acceptors (Lipinski definition) is 7. The van der Waals surface area contributed by atoms with Crippen LogP contribution in [0.3, 0.4) is 0 Å². The SMILES string of the molecule is Cc1ccc(Nc2nc(-c3ccc4c(c3)N(C3CC(N5CCC[C@@H](O)C5)C3)C(=O)C4(C)C)cc3ncn(C4CC4)c23)cc1C(N)=O. The van der Waals surface area contributed by atoms with Gasteiger partial charge in [0, 0.05) is 47.2 Å². The van der Waals surface area contributed by atoms with Crippen molar-refractivity contribution >= 4 is 40.0 Å². The topological polar surface area (TPSA) is 130 Å². The third kappa shape index (κ3) is 4.77. The number of primary amides is 1. The second-order valence-corrected chi connectivity index (χ2v) is 14.2. The van der Waals surface area contributed by atoms with Gasteiger partial charge in [-0.15, -0.1) is 0 Å². The lowest BCUT2D eigenvalue weighted by Crippen LogP contribution is -2.58. The van der Waals surface area contributed by atoms with Gasteiger partial charge in [0.2, 0.25) is 11.8 Å². The van der Waals surface area contributed by atoms with Crippen LogP contribution in [0.4, 0.5) is 17.2 Å². The van der Waals surface area contributed by atoms with Gasteiger partial charge < -0.3 is 25.6 Å². The molecule has 2 aromatic heterocycles. The summed E-state index contributed by atoms with van der Waals surface area (Å²) in [6.07, 6.45) is 7.58. The van der Waals surface area contributed by atoms with Gasteiger partial charge in [0.15, 0.2) is 5.82 Å². The van der Waals surface area contributed by atoms with E-state index in [2.05, 4.69) is 33.0 Å². The molecule has 2 amide bonds. The molecule has 4 N–H and O–H groups in total. The van der Waals surface area contributed by atoms with Crippen LogP contribution in [0.2, 0.25) is 0 Å². The van der Waals surface area contributed by atoms with Gasteiger partial charge in [-0.05, 0) is 101 Å². The van der Waals surface area contributed by atoms with Crippen molar-refractivity contribution in [3.05, 3.63) is 65.5 Å². The average Bonchev–Trinajstić information content (AvgIpc) is 3.73. The Hall–Kier alpha value is -4.28. The molecule has 0 spiro atoms. The molecule has 3 fully saturated rings. The summed E-state index contributed by atoms with van der Waals surface area (Å²) in [4.78, 5) is 40.4. The van der Waals surface area contributed by atoms with E-state index in [1.165, 1.54) is 0 Å². The van der Waals surface area contributed by atoms with Crippen LogP contribution in [0.5, 0.6) is 0 Å². The van der Waals surface area contributed by atoms with E-state index in [1.807, 2.05) is 50.2 Å². The first-order valence-corrected chi connectivity index (χ1v) is 16.5. The minimum atomic E-state index is -0.614. The smallest absolute Gasteiger partial charge is 0.249 e. The fourth-order valence-electron chi connectivity index (χ4n) is 7.72. The number of hydrogen-bond donors (Lipinski definition) is 3. The lowest BCUT2D eigenvalue weighted by atomic mass is 9.82. The van der Waals surface area contributed by atoms with Crippen molar-refractivity contribution < 1.29 is 14.7 Å². The number of β-amino-alcohol motifs (C(OH)–C–C–N with tert-alkyl or cyclic N) is 1. The van der Waals surface area contributed by atoms with Gasteiger partial charge in [-0.3, -0.25) is 14.5 Å². The molecule has 10 heteroatoms. The number of imidazole rings is 1. The normalized spacial score (nSPS) is 24.2. The first-order valence-electron chi connectivity index (χ1n) is 16.5. The summed E-state index contributed by atoms with van der Waals surface area (Å²) < 4.78 is 2.19. The molecule has 2 aliphatic heterocycles. The van der Waals surface area contributed by atoms with E-state index in [1.54, 1.807) is 6.07 Å². The number of aliphatic hydroxyl groups excluding tert-OH is 1. The van der Waals surface area contributed by atoms with Crippen LogP contribution in [-0.4, -0.2) is 67.6 Å². The number of aromatic nitrogens is 3. The van der Waals surface area contributed by atoms with Gasteiger partial charge in [-0.25, -0.2) is 9.97 Å². The highest BCUT2D eigenvalue weighted by Gasteiger charge is 2.50. The highest BCUT2D eigenvalue weighted by atomic mass is 16.3. The maximum atomic E-state index is 13.9. The summed E-state index contributed by atoms with van der Waals surface area (Å²) in [7, 11) is 0. The molecular weight excluding hydrogens is 578 g/mol. The van der Waals surface area contributed by atoms with Crippen LogP contribution in [0, 0.1) is 6.92 Å². The molecular formula is C36H41N7O3. The predicted octanol–water partition coefficient (Wildman–Crippen LogP) is 5.20. The van der Waals surface area contributed by atoms with Crippen LogP contribution < -0.4 is 16.0 Å². The van der Waals surface area contributed by atoms with Crippen LogP contribution in [0.15, 0.2) is 48.8 Å². The summed E-state index contributed by atoms with van der Waals surface area (Å²) >= 11 is 0. The Morgan fingerprint density at radius 3 is 2.59 bits per heavy atom. The number of piperidine rings is 1. The molecule has 238 valence electrons. The number of amides is 2. The zero-order chi connectivity index (χ0) is 31.9. The quantitative estimate of drug-likeness (QED) is 0.259. The average molecular weight is 620 g/mol. The number of aryl methyl sites for hydroxylation is 1. The highest BCUT2D eigenvalue weighted by Crippen LogP contribution is 2.48. The van der Waals surface area contributed by atoms with E-state index in [9.17, 15) is 14.7 Å². The van der Waals surface area contributed by atoms with Crippen molar-refractivity contribution in [3.63, 3.8) is 0 Å². The molecule has 0 unspecified atom stereocenters. The molecule has 2 saturated carbocycles. The van der Waals surface area contributed by atoms with Crippen molar-refractivity contribution in [2.45, 2.75) is 88.9 Å². The number of anilines is 3. The van der Waals surface area contributed by atoms with Crippen LogP contribution in [0.1, 0.15) is 79.9 Å². The van der Waals surface area contributed by atoms with Gasteiger partial charge in [0.05, 0.1) is 29.1 Å². The second-order valence-electron chi connectivity index (χ2n) is 14.2. The molecule has 4 heterocycles. The van der Waals surface area contributed by atoms with E-state index in [-0.39, 0.29) is 18.1 Å². The monoisotopic (exact) mass is 619 g/mol. The number of carbonyl (C=O) groups is 2. The second kappa shape index (κ2) is 10.6. The largest absolute Gasteiger partial charge is 0.392 e. The summed E-state index contributed by atoms with van der Waals surface area (Å²) in [5, 5.41) is 13.7. The summed E-state index contributed by atoms with van der Waals surface area (Å²) in [5.41, 5.74) is 12.5. The Morgan fingerprint density at radius 2 is 1.85 bits per heavy atom. The highest BCUT2D eigenvalue weighted by molar-refractivity contribution is 6.09. The predicted molar refractivity (Wildman–Crippen MR) is 178 cm³/mol. The minimum Gasteiger partial charge on any atom is -0.392 e. The van der Waals surface area contributed by atoms with Crippen molar-refractivity contribution in [2.24, 2.45) is 5.73 Å². The van der Waals surface area contributed by atoms with E-state index < -0.39 is 11.3 Å². The van der Waals surface area contributed by atoms with E-state index in [0.717, 1.165) is 96.4 Å². The molecule has 2 aromatic carbocycles. The summed E-state index contributed by atoms with van der Waals surface area (Å²) in [6.45, 7) is 7.65. The number of nitrogens with zero attached hydrogens (tertiary/aromatic N) is 5. The minimum absolute atomic E-state index is 0.134. The molecule has 4 aromatic rings. The summed E-state index contributed by atoms with van der Waals surface area (Å²) in [6, 6.07) is 14.8. The Bertz CT molecular complexity index is 1890. The van der Waals surface area contributed by atoms with Crippen LogP contribution in [0.25, 0.3) is 22.3 Å². The van der Waals surface area contributed by atoms with Gasteiger partial charge in [-0.2, -0.15) is 0 Å². The van der Waals surface area contributed by atoms with Gasteiger partial charge in [0.1, 0.15) is 5.52 Å². The Balaban J connectivity index is 1.16. The zero-order valence-electron chi connectivity index (χ0n) is 26.7. The third-order valence-electron chi connectivity index (χ3n) is 10.6. The Labute approximate surface area is 268 Å². The molecule has 0 bridgehead atoms. The van der Waals surface area contributed by atoms with Gasteiger partial charge in [-0.1, -0.05) is 18.2 Å². The number of nitrogens with two attached hydrogens (primary N) is 1. The number of pyridine rings is 1. The maximum absolute atomic E-state index is 13.9. The number of likely N-dealkylation sites (tertiary alicyclic amines) is 1. The number of nitrogens with one attached hydrogen (secondary N) is 1. The van der Waals surface area contributed by atoms with Gasteiger partial charge >= 0.3 is 0 Å². The first kappa shape index (κ1) is 29.1. The van der Waals surface area contributed by atoms with Crippen LogP contribution in [-0.2, 0) is 10.2 Å². The van der Waals surface area contributed by atoms with Crippen molar-refractivity contribution in [1.82, 2.24) is 19.4 Å². The maximum Gasteiger partial charge on any atom is 0.249 e. The molecule has 0 radical (unpaired) electrons. The number of fused-ring (bicyclic) bond motifs is 2. The number of aliphatic hydroxyl groups is 1. The van der Waals surface area contributed by atoms with E-state index in [0.29, 0.717) is 23.5 Å². The van der Waals surface area contributed by atoms with Crippen LogP contribution >= 0.6 is 0 Å². The molecule has 1 atom stereocenters. The standard InChI is InChI=1S/C36H41N7O3/c1-20-6-8-22(14-27(20)33(37)45)39-34-32-30(38-19-42(32)23-9-10-23)17-29(40-34)21-7-11-28-31(13-21)43(35(46)36(28,2)3)25-15-24(16-25)41-12-4-5-26(44)18-41/h6-8,11,13-14,17,19,23-26,44H,4-5,9-10,12,15-16,18H2,1-3H3,(H2,37,45)(H,39,40)/t24?,25?,26-/m1/s1. The number of rotatable bonds is 7. The molecule has 8 rings (SSSR count). The summed E-state index contributed by atoms with van der Waals surface area (Å²) in [5.74, 6) is 0.332.